The molecule has 0 aromatic carbocycles. The van der Waals surface area contributed by atoms with Gasteiger partial charge in [-0.3, -0.25) is 4.90 Å². The number of morpholine rings is 1. The summed E-state index contributed by atoms with van der Waals surface area (Å²) in [6.45, 7) is 5.61. The number of piperidine rings is 1. The number of amides is 2. The van der Waals surface area contributed by atoms with Gasteiger partial charge >= 0.3 is 6.03 Å². The number of nitrogens with zero attached hydrogens (tertiary/aromatic N) is 3. The highest BCUT2D eigenvalue weighted by Crippen LogP contribution is 2.63. The molecule has 4 rings (SSSR count). The van der Waals surface area contributed by atoms with Gasteiger partial charge in [-0.05, 0) is 24.3 Å². The lowest BCUT2D eigenvalue weighted by Gasteiger charge is -2.34. The standard InChI is InChI=1S/C18H27N3O2/c1-19(2)17(22)21-12-15-11-18(15,13-21)14-3-5-16(6-4-14)20-7-9-23-10-8-20/h3-5,15-16H,6-13H2,1-2H3. The number of carbonyl (C=O) groups excluding carboxylic acids is 1. The van der Waals surface area contributed by atoms with E-state index in [1.54, 1.807) is 4.90 Å². The maximum absolute atomic E-state index is 12.2. The number of urea groups is 1. The van der Waals surface area contributed by atoms with Crippen LogP contribution in [0.3, 0.4) is 0 Å². The zero-order valence-corrected chi connectivity index (χ0v) is 14.2. The van der Waals surface area contributed by atoms with Crippen LogP contribution >= 0.6 is 0 Å². The second-order valence-electron chi connectivity index (χ2n) is 7.58. The van der Waals surface area contributed by atoms with Gasteiger partial charge in [0.2, 0.25) is 0 Å². The van der Waals surface area contributed by atoms with Crippen LogP contribution in [0.4, 0.5) is 4.79 Å². The van der Waals surface area contributed by atoms with Gasteiger partial charge < -0.3 is 14.5 Å². The Balaban J connectivity index is 1.40. The summed E-state index contributed by atoms with van der Waals surface area (Å²) < 4.78 is 5.45. The fourth-order valence-corrected chi connectivity index (χ4v) is 4.52. The van der Waals surface area contributed by atoms with Gasteiger partial charge in [0.1, 0.15) is 0 Å². The zero-order chi connectivity index (χ0) is 16.0. The Bertz CT molecular complexity index is 550. The number of allylic oxidation sites excluding steroid dienone is 1. The zero-order valence-electron chi connectivity index (χ0n) is 14.2. The van der Waals surface area contributed by atoms with E-state index < -0.39 is 0 Å². The minimum Gasteiger partial charge on any atom is -0.379 e. The molecule has 23 heavy (non-hydrogen) atoms. The minimum atomic E-state index is 0.156. The third kappa shape index (κ3) is 2.60. The van der Waals surface area contributed by atoms with Crippen molar-refractivity contribution in [3.63, 3.8) is 0 Å². The van der Waals surface area contributed by atoms with Crippen molar-refractivity contribution in [1.29, 1.82) is 0 Å². The first-order valence-corrected chi connectivity index (χ1v) is 8.77. The summed E-state index contributed by atoms with van der Waals surface area (Å²) in [6, 6.07) is 0.681. The summed E-state index contributed by atoms with van der Waals surface area (Å²) in [6.07, 6.45) is 9.50. The van der Waals surface area contributed by atoms with E-state index in [9.17, 15) is 4.79 Å². The third-order valence-corrected chi connectivity index (χ3v) is 5.97. The average Bonchev–Trinajstić information content (AvgIpc) is 3.16. The van der Waals surface area contributed by atoms with Crippen molar-refractivity contribution in [2.45, 2.75) is 18.9 Å². The molecule has 5 nitrogen and oxygen atoms in total. The summed E-state index contributed by atoms with van der Waals surface area (Å²) in [5.41, 5.74) is 1.74. The molecule has 0 aromatic rings. The highest BCUT2D eigenvalue weighted by molar-refractivity contribution is 5.75. The molecular weight excluding hydrogens is 290 g/mol. The van der Waals surface area contributed by atoms with Crippen LogP contribution in [0.5, 0.6) is 0 Å². The molecule has 0 bridgehead atoms. The van der Waals surface area contributed by atoms with Crippen molar-refractivity contribution in [2.24, 2.45) is 11.3 Å². The van der Waals surface area contributed by atoms with E-state index in [-0.39, 0.29) is 11.4 Å². The smallest absolute Gasteiger partial charge is 0.319 e. The molecule has 2 aliphatic carbocycles. The first kappa shape index (κ1) is 15.2. The Labute approximate surface area is 138 Å². The van der Waals surface area contributed by atoms with Gasteiger partial charge in [-0.2, -0.15) is 0 Å². The Morgan fingerprint density at radius 1 is 1.35 bits per heavy atom. The fraction of sp³-hybridized carbons (Fsp3) is 0.722. The van der Waals surface area contributed by atoms with Crippen LogP contribution in [0.15, 0.2) is 23.8 Å². The van der Waals surface area contributed by atoms with Gasteiger partial charge in [0.05, 0.1) is 13.2 Å². The molecule has 0 spiro atoms. The van der Waals surface area contributed by atoms with E-state index in [2.05, 4.69) is 23.1 Å². The normalized spacial score (nSPS) is 36.6. The Hall–Kier alpha value is -1.33. The Morgan fingerprint density at radius 2 is 2.13 bits per heavy atom. The summed E-state index contributed by atoms with van der Waals surface area (Å²) in [7, 11) is 3.68. The second-order valence-corrected chi connectivity index (χ2v) is 7.58. The molecule has 2 saturated heterocycles. The molecule has 2 heterocycles. The molecule has 3 atom stereocenters. The Morgan fingerprint density at radius 3 is 2.78 bits per heavy atom. The second kappa shape index (κ2) is 5.64. The van der Waals surface area contributed by atoms with Gasteiger partial charge in [0.15, 0.2) is 0 Å². The quantitative estimate of drug-likeness (QED) is 0.776. The molecule has 0 radical (unpaired) electrons. The molecule has 4 aliphatic rings. The van der Waals surface area contributed by atoms with Crippen molar-refractivity contribution in [3.05, 3.63) is 23.8 Å². The number of carbonyl (C=O) groups is 1. The fourth-order valence-electron chi connectivity index (χ4n) is 4.52. The summed E-state index contributed by atoms with van der Waals surface area (Å²) in [5, 5.41) is 0. The van der Waals surface area contributed by atoms with E-state index in [4.69, 9.17) is 4.74 Å². The number of rotatable bonds is 2. The molecule has 5 heteroatoms. The number of likely N-dealkylation sites (tertiary alicyclic amines) is 1. The van der Waals surface area contributed by atoms with Crippen LogP contribution in [0.1, 0.15) is 12.8 Å². The van der Waals surface area contributed by atoms with Gasteiger partial charge in [0.25, 0.3) is 0 Å². The summed E-state index contributed by atoms with van der Waals surface area (Å²) in [5.74, 6) is 0.669. The molecular formula is C18H27N3O2. The monoisotopic (exact) mass is 317 g/mol. The average molecular weight is 317 g/mol. The number of hydrogen-bond acceptors (Lipinski definition) is 3. The third-order valence-electron chi connectivity index (χ3n) is 5.97. The highest BCUT2D eigenvalue weighted by Gasteiger charge is 2.62. The molecule has 3 fully saturated rings. The van der Waals surface area contributed by atoms with Crippen molar-refractivity contribution in [3.8, 4) is 0 Å². The lowest BCUT2D eigenvalue weighted by atomic mass is 9.88. The minimum absolute atomic E-state index is 0.156. The van der Waals surface area contributed by atoms with E-state index in [0.717, 1.165) is 45.8 Å². The van der Waals surface area contributed by atoms with Crippen LogP contribution in [-0.4, -0.2) is 80.3 Å². The van der Waals surface area contributed by atoms with Gasteiger partial charge in [-0.15, -0.1) is 0 Å². The van der Waals surface area contributed by atoms with E-state index >= 15 is 0 Å². The molecule has 1 saturated carbocycles. The molecule has 126 valence electrons. The molecule has 2 amide bonds. The van der Waals surface area contributed by atoms with Crippen LogP contribution in [-0.2, 0) is 4.74 Å². The van der Waals surface area contributed by atoms with Crippen molar-refractivity contribution < 1.29 is 9.53 Å². The predicted octanol–water partition coefficient (Wildman–Crippen LogP) is 1.58. The van der Waals surface area contributed by atoms with E-state index in [0.29, 0.717) is 12.0 Å². The van der Waals surface area contributed by atoms with E-state index in [1.807, 2.05) is 19.0 Å². The maximum atomic E-state index is 12.2. The first-order chi connectivity index (χ1) is 11.1. The molecule has 0 N–H and O–H groups in total. The topological polar surface area (TPSA) is 36.0 Å². The SMILES string of the molecule is CN(C)C(=O)N1CC2CC2(C2=CCC(N3CCOCC3)C=C2)C1. The van der Waals surface area contributed by atoms with Crippen LogP contribution in [0.2, 0.25) is 0 Å². The van der Waals surface area contributed by atoms with Crippen molar-refractivity contribution >= 4 is 6.03 Å². The predicted molar refractivity (Wildman–Crippen MR) is 89.2 cm³/mol. The van der Waals surface area contributed by atoms with E-state index in [1.165, 1.54) is 12.0 Å². The van der Waals surface area contributed by atoms with Crippen LogP contribution in [0.25, 0.3) is 0 Å². The first-order valence-electron chi connectivity index (χ1n) is 8.77. The number of hydrogen-bond donors (Lipinski definition) is 0. The lowest BCUT2D eigenvalue weighted by molar-refractivity contribution is 0.0258. The highest BCUT2D eigenvalue weighted by atomic mass is 16.5. The Kier molecular flexibility index (Phi) is 3.73. The van der Waals surface area contributed by atoms with Crippen molar-refractivity contribution in [2.75, 3.05) is 53.5 Å². The number of fused-ring (bicyclic) bond motifs is 1. The maximum Gasteiger partial charge on any atom is 0.319 e. The van der Waals surface area contributed by atoms with Crippen LogP contribution < -0.4 is 0 Å². The van der Waals surface area contributed by atoms with Gasteiger partial charge in [0, 0.05) is 51.7 Å². The summed E-state index contributed by atoms with van der Waals surface area (Å²) in [4.78, 5) is 18.4. The molecule has 2 aliphatic heterocycles. The summed E-state index contributed by atoms with van der Waals surface area (Å²) >= 11 is 0. The van der Waals surface area contributed by atoms with Crippen LogP contribution in [0, 0.1) is 11.3 Å². The molecule has 0 aromatic heterocycles. The number of ether oxygens (including phenoxy) is 1. The van der Waals surface area contributed by atoms with Gasteiger partial charge in [-0.1, -0.05) is 18.2 Å². The van der Waals surface area contributed by atoms with Gasteiger partial charge in [-0.25, -0.2) is 4.79 Å². The molecule has 3 unspecified atom stereocenters. The largest absolute Gasteiger partial charge is 0.379 e. The van der Waals surface area contributed by atoms with Crippen molar-refractivity contribution in [1.82, 2.24) is 14.7 Å². The lowest BCUT2D eigenvalue weighted by Crippen LogP contribution is -2.43.